The largest absolute Gasteiger partial charge is 0.339 e. The Labute approximate surface area is 134 Å². The van der Waals surface area contributed by atoms with Crippen LogP contribution in [0.5, 0.6) is 0 Å². The van der Waals surface area contributed by atoms with Crippen LogP contribution in [-0.2, 0) is 4.79 Å². The van der Waals surface area contributed by atoms with Gasteiger partial charge in [0.25, 0.3) is 0 Å². The first-order chi connectivity index (χ1) is 10.5. The Hall–Kier alpha value is -1.88. The Morgan fingerprint density at radius 3 is 2.86 bits per heavy atom. The summed E-state index contributed by atoms with van der Waals surface area (Å²) in [6.45, 7) is 6.53. The number of hydrogen-bond donors (Lipinski definition) is 0. The van der Waals surface area contributed by atoms with Gasteiger partial charge in [-0.2, -0.15) is 4.98 Å². The molecule has 6 heteroatoms. The second-order valence-electron chi connectivity index (χ2n) is 5.98. The summed E-state index contributed by atoms with van der Waals surface area (Å²) in [5.41, 5.74) is 1.87. The van der Waals surface area contributed by atoms with Crippen LogP contribution in [0, 0.1) is 6.92 Å². The number of amides is 1. The average Bonchev–Trinajstić information content (AvgIpc) is 3.08. The highest BCUT2D eigenvalue weighted by molar-refractivity contribution is 6.31. The molecule has 22 heavy (non-hydrogen) atoms. The van der Waals surface area contributed by atoms with Crippen LogP contribution in [0.2, 0.25) is 5.02 Å². The van der Waals surface area contributed by atoms with Crippen LogP contribution in [0.15, 0.2) is 22.7 Å². The van der Waals surface area contributed by atoms with Crippen LogP contribution in [0.3, 0.4) is 0 Å². The molecule has 3 rings (SSSR count). The van der Waals surface area contributed by atoms with E-state index < -0.39 is 0 Å². The van der Waals surface area contributed by atoms with E-state index in [4.69, 9.17) is 16.1 Å². The van der Waals surface area contributed by atoms with Crippen LogP contribution in [0.4, 0.5) is 5.69 Å². The second kappa shape index (κ2) is 5.72. The van der Waals surface area contributed by atoms with Gasteiger partial charge in [-0.3, -0.25) is 4.79 Å². The van der Waals surface area contributed by atoms with Crippen molar-refractivity contribution in [3.63, 3.8) is 0 Å². The van der Waals surface area contributed by atoms with Gasteiger partial charge in [0.1, 0.15) is 0 Å². The summed E-state index contributed by atoms with van der Waals surface area (Å²) >= 11 is 6.06. The van der Waals surface area contributed by atoms with Crippen LogP contribution in [-0.4, -0.2) is 22.6 Å². The summed E-state index contributed by atoms with van der Waals surface area (Å²) in [4.78, 5) is 18.5. The van der Waals surface area contributed by atoms with Gasteiger partial charge < -0.3 is 9.42 Å². The maximum atomic E-state index is 12.4. The third-order valence-corrected chi connectivity index (χ3v) is 4.15. The van der Waals surface area contributed by atoms with Gasteiger partial charge in [0.2, 0.25) is 11.8 Å². The van der Waals surface area contributed by atoms with Crippen LogP contribution < -0.4 is 4.90 Å². The Kier molecular flexibility index (Phi) is 3.91. The molecule has 1 unspecified atom stereocenters. The monoisotopic (exact) mass is 319 g/mol. The SMILES string of the molecule is Cc1ccc(Cl)cc1N1CC(c2nc(C(C)C)no2)CC1=O. The third kappa shape index (κ3) is 2.73. The van der Waals surface area contributed by atoms with Crippen molar-refractivity contribution in [2.45, 2.75) is 39.0 Å². The van der Waals surface area contributed by atoms with Crippen molar-refractivity contribution in [3.8, 4) is 0 Å². The molecule has 1 atom stereocenters. The topological polar surface area (TPSA) is 59.2 Å². The maximum Gasteiger partial charge on any atom is 0.232 e. The molecule has 5 nitrogen and oxygen atoms in total. The number of halogens is 1. The highest BCUT2D eigenvalue weighted by atomic mass is 35.5. The van der Waals surface area contributed by atoms with Gasteiger partial charge in [-0.15, -0.1) is 0 Å². The summed E-state index contributed by atoms with van der Waals surface area (Å²) in [6, 6.07) is 5.57. The second-order valence-corrected chi connectivity index (χ2v) is 6.42. The Balaban J connectivity index is 1.85. The fraction of sp³-hybridized carbons (Fsp3) is 0.438. The summed E-state index contributed by atoms with van der Waals surface area (Å²) in [7, 11) is 0. The van der Waals surface area contributed by atoms with Crippen molar-refractivity contribution in [1.29, 1.82) is 0 Å². The maximum absolute atomic E-state index is 12.4. The van der Waals surface area contributed by atoms with Crippen molar-refractivity contribution in [2.24, 2.45) is 0 Å². The van der Waals surface area contributed by atoms with Gasteiger partial charge in [0.05, 0.1) is 5.92 Å². The lowest BCUT2D eigenvalue weighted by Gasteiger charge is -2.18. The van der Waals surface area contributed by atoms with E-state index in [-0.39, 0.29) is 17.7 Å². The molecule has 0 radical (unpaired) electrons. The van der Waals surface area contributed by atoms with E-state index in [2.05, 4.69) is 10.1 Å². The van der Waals surface area contributed by atoms with Crippen LogP contribution in [0.25, 0.3) is 0 Å². The van der Waals surface area contributed by atoms with E-state index in [1.54, 1.807) is 4.90 Å². The summed E-state index contributed by atoms with van der Waals surface area (Å²) in [6.07, 6.45) is 0.381. The van der Waals surface area contributed by atoms with E-state index in [0.717, 1.165) is 11.3 Å². The molecule has 116 valence electrons. The van der Waals surface area contributed by atoms with E-state index in [0.29, 0.717) is 29.7 Å². The van der Waals surface area contributed by atoms with Crippen molar-refractivity contribution < 1.29 is 9.32 Å². The first-order valence-corrected chi connectivity index (χ1v) is 7.73. The minimum absolute atomic E-state index is 0.0552. The summed E-state index contributed by atoms with van der Waals surface area (Å²) in [5.74, 6) is 1.42. The van der Waals surface area contributed by atoms with Gasteiger partial charge >= 0.3 is 0 Å². The number of aromatic nitrogens is 2. The zero-order valence-electron chi connectivity index (χ0n) is 12.8. The molecule has 1 aliphatic heterocycles. The third-order valence-electron chi connectivity index (χ3n) is 3.91. The average molecular weight is 320 g/mol. The Bertz CT molecular complexity index is 711. The minimum atomic E-state index is -0.0640. The molecular weight excluding hydrogens is 302 g/mol. The van der Waals surface area contributed by atoms with Crippen LogP contribution in [0.1, 0.15) is 49.4 Å². The first-order valence-electron chi connectivity index (χ1n) is 7.35. The number of anilines is 1. The van der Waals surface area contributed by atoms with Crippen molar-refractivity contribution >= 4 is 23.2 Å². The molecular formula is C16H18ClN3O2. The van der Waals surface area contributed by atoms with Crippen molar-refractivity contribution in [3.05, 3.63) is 40.5 Å². The molecule has 2 aromatic rings. The summed E-state index contributed by atoms with van der Waals surface area (Å²) < 4.78 is 5.33. The molecule has 1 amide bonds. The predicted molar refractivity (Wildman–Crippen MR) is 84.3 cm³/mol. The summed E-state index contributed by atoms with van der Waals surface area (Å²) in [5, 5.41) is 4.60. The van der Waals surface area contributed by atoms with Gasteiger partial charge in [-0.25, -0.2) is 0 Å². The lowest BCUT2D eigenvalue weighted by molar-refractivity contribution is -0.117. The molecule has 0 spiro atoms. The van der Waals surface area contributed by atoms with Crippen molar-refractivity contribution in [1.82, 2.24) is 10.1 Å². The van der Waals surface area contributed by atoms with Crippen LogP contribution >= 0.6 is 11.6 Å². The van der Waals surface area contributed by atoms with Gasteiger partial charge in [-0.1, -0.05) is 36.7 Å². The van der Waals surface area contributed by atoms with E-state index in [1.807, 2.05) is 39.0 Å². The normalized spacial score (nSPS) is 18.5. The number of benzene rings is 1. The van der Waals surface area contributed by atoms with Gasteiger partial charge in [0.15, 0.2) is 5.82 Å². The van der Waals surface area contributed by atoms with E-state index >= 15 is 0 Å². The molecule has 1 aromatic carbocycles. The highest BCUT2D eigenvalue weighted by Gasteiger charge is 2.35. The fourth-order valence-electron chi connectivity index (χ4n) is 2.63. The molecule has 0 bridgehead atoms. The molecule has 1 fully saturated rings. The Morgan fingerprint density at radius 2 is 2.18 bits per heavy atom. The van der Waals surface area contributed by atoms with Crippen molar-refractivity contribution in [2.75, 3.05) is 11.4 Å². The zero-order chi connectivity index (χ0) is 15.9. The van der Waals surface area contributed by atoms with Gasteiger partial charge in [0, 0.05) is 29.6 Å². The molecule has 1 saturated heterocycles. The number of aryl methyl sites for hydroxylation is 1. The number of carbonyl (C=O) groups excluding carboxylic acids is 1. The molecule has 0 aliphatic carbocycles. The molecule has 0 N–H and O–H groups in total. The van der Waals surface area contributed by atoms with E-state index in [1.165, 1.54) is 0 Å². The minimum Gasteiger partial charge on any atom is -0.339 e. The first kappa shape index (κ1) is 15.0. The number of nitrogens with zero attached hydrogens (tertiary/aromatic N) is 3. The zero-order valence-corrected chi connectivity index (χ0v) is 13.6. The lowest BCUT2D eigenvalue weighted by atomic mass is 10.1. The number of hydrogen-bond acceptors (Lipinski definition) is 4. The quantitative estimate of drug-likeness (QED) is 0.866. The molecule has 1 aliphatic rings. The van der Waals surface area contributed by atoms with Gasteiger partial charge in [-0.05, 0) is 24.6 Å². The molecule has 2 heterocycles. The predicted octanol–water partition coefficient (Wildman–Crippen LogP) is 3.68. The smallest absolute Gasteiger partial charge is 0.232 e. The standard InChI is InChI=1S/C16H18ClN3O2/c1-9(2)15-18-16(22-19-15)11-6-14(21)20(8-11)13-7-12(17)5-4-10(13)3/h4-5,7,9,11H,6,8H2,1-3H3. The van der Waals surface area contributed by atoms with E-state index in [9.17, 15) is 4.79 Å². The highest BCUT2D eigenvalue weighted by Crippen LogP contribution is 2.34. The lowest BCUT2D eigenvalue weighted by Crippen LogP contribution is -2.25. The molecule has 0 saturated carbocycles. The number of carbonyl (C=O) groups is 1. The fourth-order valence-corrected chi connectivity index (χ4v) is 2.79. The number of rotatable bonds is 3. The molecule has 1 aromatic heterocycles. The Morgan fingerprint density at radius 1 is 1.41 bits per heavy atom.